The molecule has 6 nitrogen and oxygen atoms in total. The highest BCUT2D eigenvalue weighted by Gasteiger charge is 2.55. The van der Waals surface area contributed by atoms with Gasteiger partial charge in [0, 0.05) is 29.4 Å². The van der Waals surface area contributed by atoms with Gasteiger partial charge in [0.2, 0.25) is 0 Å². The second-order valence-electron chi connectivity index (χ2n) is 8.16. The fourth-order valence-electron chi connectivity index (χ4n) is 5.22. The predicted molar refractivity (Wildman–Crippen MR) is 114 cm³/mol. The third-order valence-electron chi connectivity index (χ3n) is 6.52. The summed E-state index contributed by atoms with van der Waals surface area (Å²) in [5.74, 6) is 0.685. The first-order chi connectivity index (χ1) is 14.6. The van der Waals surface area contributed by atoms with E-state index in [0.29, 0.717) is 0 Å². The first-order valence-electron chi connectivity index (χ1n) is 10.4. The van der Waals surface area contributed by atoms with E-state index in [1.165, 1.54) is 0 Å². The summed E-state index contributed by atoms with van der Waals surface area (Å²) in [6.07, 6.45) is 1.82. The topological polar surface area (TPSA) is 78.6 Å². The number of nitrogens with one attached hydrogen (secondary N) is 1. The van der Waals surface area contributed by atoms with Crippen molar-refractivity contribution in [3.05, 3.63) is 71.1 Å². The zero-order valence-corrected chi connectivity index (χ0v) is 17.2. The van der Waals surface area contributed by atoms with E-state index in [9.17, 15) is 9.90 Å². The van der Waals surface area contributed by atoms with Gasteiger partial charge in [-0.3, -0.25) is 9.69 Å². The maximum absolute atomic E-state index is 13.7. The van der Waals surface area contributed by atoms with Gasteiger partial charge in [0.05, 0.1) is 12.3 Å². The molecular formula is C24H25N3O3. The van der Waals surface area contributed by atoms with Crippen LogP contribution >= 0.6 is 0 Å². The van der Waals surface area contributed by atoms with E-state index in [-0.39, 0.29) is 18.6 Å². The van der Waals surface area contributed by atoms with E-state index >= 15 is 0 Å². The van der Waals surface area contributed by atoms with Crippen molar-refractivity contribution in [3.8, 4) is 11.1 Å². The second kappa shape index (κ2) is 7.07. The number of benzene rings is 2. The molecule has 3 heterocycles. The van der Waals surface area contributed by atoms with Crippen LogP contribution in [0.25, 0.3) is 11.1 Å². The fourth-order valence-corrected chi connectivity index (χ4v) is 5.22. The maximum Gasteiger partial charge on any atom is 0.254 e. The number of anilines is 1. The summed E-state index contributed by atoms with van der Waals surface area (Å²) in [7, 11) is 0. The number of carbonyl (C=O) groups is 1. The first-order valence-corrected chi connectivity index (χ1v) is 10.4. The molecule has 2 aliphatic rings. The van der Waals surface area contributed by atoms with Gasteiger partial charge in [0.1, 0.15) is 5.76 Å². The largest absolute Gasteiger partial charge is 0.395 e. The summed E-state index contributed by atoms with van der Waals surface area (Å²) >= 11 is 0. The molecule has 3 aromatic rings. The number of nitrogens with zero attached hydrogens (tertiary/aromatic N) is 2. The molecule has 1 aromatic heterocycles. The van der Waals surface area contributed by atoms with Crippen molar-refractivity contribution in [2.45, 2.75) is 38.3 Å². The average Bonchev–Trinajstić information content (AvgIpc) is 3.44. The number of likely N-dealkylation sites (tertiary alicyclic amines) is 1. The summed E-state index contributed by atoms with van der Waals surface area (Å²) < 4.78 is 5.39. The van der Waals surface area contributed by atoms with Gasteiger partial charge in [-0.1, -0.05) is 41.6 Å². The van der Waals surface area contributed by atoms with Crippen molar-refractivity contribution in [1.82, 2.24) is 10.1 Å². The number of fused-ring (bicyclic) bond motifs is 1. The Morgan fingerprint density at radius 3 is 2.73 bits per heavy atom. The van der Waals surface area contributed by atoms with E-state index in [1.807, 2.05) is 56.3 Å². The molecule has 1 amide bonds. The normalized spacial score (nSPS) is 23.6. The monoisotopic (exact) mass is 403 g/mol. The van der Waals surface area contributed by atoms with Crippen LogP contribution in [0, 0.1) is 13.8 Å². The molecule has 0 radical (unpaired) electrons. The van der Waals surface area contributed by atoms with Gasteiger partial charge in [0.15, 0.2) is 5.54 Å². The van der Waals surface area contributed by atoms with Crippen LogP contribution in [-0.2, 0) is 10.3 Å². The molecule has 6 heteroatoms. The molecule has 2 atom stereocenters. The van der Waals surface area contributed by atoms with Gasteiger partial charge in [-0.15, -0.1) is 0 Å². The van der Waals surface area contributed by atoms with E-state index < -0.39 is 5.54 Å². The standard InChI is InChI=1S/C24H25N3O3/c1-15-22(16(2)30-26-15)17-10-11-21-20(13-17)24(23(29)25-21,18-7-4-3-5-8-18)27-12-6-9-19(27)14-28/h3-5,7-8,10-11,13,19,28H,6,9,12,14H2,1-2H3,(H,25,29)/t19-,24?/m0/s1. The Balaban J connectivity index is 1.77. The summed E-state index contributed by atoms with van der Waals surface area (Å²) in [5, 5.41) is 17.3. The first kappa shape index (κ1) is 19.0. The lowest BCUT2D eigenvalue weighted by Crippen LogP contribution is -2.54. The smallest absolute Gasteiger partial charge is 0.254 e. The van der Waals surface area contributed by atoms with Crippen molar-refractivity contribution >= 4 is 11.6 Å². The maximum atomic E-state index is 13.7. The van der Waals surface area contributed by atoms with E-state index in [0.717, 1.165) is 58.8 Å². The van der Waals surface area contributed by atoms with Crippen molar-refractivity contribution in [3.63, 3.8) is 0 Å². The Hall–Kier alpha value is -2.96. The van der Waals surface area contributed by atoms with Crippen LogP contribution in [0.4, 0.5) is 5.69 Å². The number of hydrogen-bond acceptors (Lipinski definition) is 5. The fraction of sp³-hybridized carbons (Fsp3) is 0.333. The Morgan fingerprint density at radius 1 is 1.23 bits per heavy atom. The van der Waals surface area contributed by atoms with Crippen molar-refractivity contribution in [2.75, 3.05) is 18.5 Å². The van der Waals surface area contributed by atoms with Crippen molar-refractivity contribution in [1.29, 1.82) is 0 Å². The third-order valence-corrected chi connectivity index (χ3v) is 6.52. The molecule has 154 valence electrons. The van der Waals surface area contributed by atoms with E-state index in [1.54, 1.807) is 0 Å². The third kappa shape index (κ3) is 2.57. The van der Waals surface area contributed by atoms with E-state index in [2.05, 4.69) is 21.4 Å². The number of hydrogen-bond donors (Lipinski definition) is 2. The molecule has 0 bridgehead atoms. The zero-order chi connectivity index (χ0) is 20.9. The van der Waals surface area contributed by atoms with Gasteiger partial charge in [-0.2, -0.15) is 0 Å². The van der Waals surface area contributed by atoms with Gasteiger partial charge in [0.25, 0.3) is 5.91 Å². The number of amides is 1. The molecule has 0 aliphatic carbocycles. The van der Waals surface area contributed by atoms with Crippen LogP contribution in [0.1, 0.15) is 35.4 Å². The van der Waals surface area contributed by atoms with Crippen LogP contribution in [-0.4, -0.2) is 40.3 Å². The van der Waals surface area contributed by atoms with Crippen molar-refractivity contribution < 1.29 is 14.4 Å². The van der Waals surface area contributed by atoms with Gasteiger partial charge in [-0.05, 0) is 49.9 Å². The molecule has 2 aliphatic heterocycles. The minimum atomic E-state index is -0.977. The number of rotatable bonds is 4. The highest BCUT2D eigenvalue weighted by Crippen LogP contribution is 2.49. The number of aliphatic hydroxyl groups excluding tert-OH is 1. The van der Waals surface area contributed by atoms with Gasteiger partial charge >= 0.3 is 0 Å². The Bertz CT molecular complexity index is 1090. The van der Waals surface area contributed by atoms with Crippen LogP contribution in [0.2, 0.25) is 0 Å². The number of aliphatic hydroxyl groups is 1. The molecular weight excluding hydrogens is 378 g/mol. The summed E-state index contributed by atoms with van der Waals surface area (Å²) in [6, 6.07) is 15.9. The lowest BCUT2D eigenvalue weighted by Gasteiger charge is -2.41. The molecule has 1 unspecified atom stereocenters. The quantitative estimate of drug-likeness (QED) is 0.696. The highest BCUT2D eigenvalue weighted by atomic mass is 16.5. The number of aromatic nitrogens is 1. The number of aryl methyl sites for hydroxylation is 2. The van der Waals surface area contributed by atoms with Crippen LogP contribution in [0.3, 0.4) is 0 Å². The predicted octanol–water partition coefficient (Wildman–Crippen LogP) is 3.61. The van der Waals surface area contributed by atoms with Crippen molar-refractivity contribution in [2.24, 2.45) is 0 Å². The van der Waals surface area contributed by atoms with E-state index in [4.69, 9.17) is 4.52 Å². The Morgan fingerprint density at radius 2 is 2.03 bits per heavy atom. The molecule has 5 rings (SSSR count). The molecule has 2 aromatic carbocycles. The number of carbonyl (C=O) groups excluding carboxylic acids is 1. The highest BCUT2D eigenvalue weighted by molar-refractivity contribution is 6.09. The summed E-state index contributed by atoms with van der Waals surface area (Å²) in [4.78, 5) is 15.8. The Labute approximate surface area is 175 Å². The summed E-state index contributed by atoms with van der Waals surface area (Å²) in [5.41, 5.74) is 4.41. The molecule has 1 fully saturated rings. The molecule has 0 saturated carbocycles. The second-order valence-corrected chi connectivity index (χ2v) is 8.16. The lowest BCUT2D eigenvalue weighted by molar-refractivity contribution is -0.126. The van der Waals surface area contributed by atoms with Gasteiger partial charge in [-0.25, -0.2) is 0 Å². The SMILES string of the molecule is Cc1noc(C)c1-c1ccc2c(c1)C(c1ccccc1)(N1CCC[C@H]1CO)C(=O)N2. The molecule has 0 spiro atoms. The molecule has 30 heavy (non-hydrogen) atoms. The summed E-state index contributed by atoms with van der Waals surface area (Å²) in [6.45, 7) is 4.61. The van der Waals surface area contributed by atoms with Gasteiger partial charge < -0.3 is 14.9 Å². The van der Waals surface area contributed by atoms with Crippen LogP contribution < -0.4 is 5.32 Å². The Kier molecular flexibility index (Phi) is 4.49. The molecule has 2 N–H and O–H groups in total. The zero-order valence-electron chi connectivity index (χ0n) is 17.2. The van der Waals surface area contributed by atoms with Crippen LogP contribution in [0.15, 0.2) is 53.1 Å². The molecule has 1 saturated heterocycles. The minimum Gasteiger partial charge on any atom is -0.395 e. The van der Waals surface area contributed by atoms with Crippen LogP contribution in [0.5, 0.6) is 0 Å². The minimum absolute atomic E-state index is 0.0285. The average molecular weight is 403 g/mol. The lowest BCUT2D eigenvalue weighted by atomic mass is 9.80.